The largest absolute Gasteiger partial charge is 0.319 e. The van der Waals surface area contributed by atoms with Crippen LogP contribution >= 0.6 is 0 Å². The van der Waals surface area contributed by atoms with Crippen molar-refractivity contribution < 1.29 is 0 Å². The standard InChI is InChI=1S/C15H32N2/c1-6-15(3,11-16-4)12-17(5)14-9-7-8-13(2)10-14/h13-14,16H,6-12H2,1-5H3. The van der Waals surface area contributed by atoms with Crippen LogP contribution in [0.25, 0.3) is 0 Å². The first-order valence-corrected chi connectivity index (χ1v) is 7.35. The van der Waals surface area contributed by atoms with Crippen molar-refractivity contribution in [3.8, 4) is 0 Å². The van der Waals surface area contributed by atoms with Crippen LogP contribution in [-0.4, -0.2) is 38.1 Å². The van der Waals surface area contributed by atoms with E-state index in [4.69, 9.17) is 0 Å². The Bertz CT molecular complexity index is 217. The molecule has 1 aliphatic rings. The van der Waals surface area contributed by atoms with Gasteiger partial charge in [-0.15, -0.1) is 0 Å². The summed E-state index contributed by atoms with van der Waals surface area (Å²) in [5, 5.41) is 3.35. The monoisotopic (exact) mass is 240 g/mol. The second-order valence-electron chi connectivity index (χ2n) is 6.54. The summed E-state index contributed by atoms with van der Waals surface area (Å²) in [6.07, 6.45) is 6.91. The highest BCUT2D eigenvalue weighted by Crippen LogP contribution is 2.29. The van der Waals surface area contributed by atoms with Crippen molar-refractivity contribution in [2.45, 2.75) is 58.9 Å². The average Bonchev–Trinajstić information content (AvgIpc) is 2.29. The van der Waals surface area contributed by atoms with Crippen molar-refractivity contribution in [3.05, 3.63) is 0 Å². The molecular weight excluding hydrogens is 208 g/mol. The van der Waals surface area contributed by atoms with Gasteiger partial charge < -0.3 is 10.2 Å². The molecular formula is C15H32N2. The van der Waals surface area contributed by atoms with E-state index in [1.165, 1.54) is 38.6 Å². The first-order valence-electron chi connectivity index (χ1n) is 7.35. The summed E-state index contributed by atoms with van der Waals surface area (Å²) in [6.45, 7) is 9.48. The molecule has 0 aromatic heterocycles. The molecule has 0 saturated heterocycles. The summed E-state index contributed by atoms with van der Waals surface area (Å²) < 4.78 is 0. The molecule has 0 bridgehead atoms. The molecule has 0 aliphatic heterocycles. The van der Waals surface area contributed by atoms with Gasteiger partial charge in [0.2, 0.25) is 0 Å². The molecule has 3 atom stereocenters. The number of nitrogens with zero attached hydrogens (tertiary/aromatic N) is 1. The number of hydrogen-bond donors (Lipinski definition) is 1. The Morgan fingerprint density at radius 1 is 1.35 bits per heavy atom. The van der Waals surface area contributed by atoms with Gasteiger partial charge in [-0.25, -0.2) is 0 Å². The molecule has 1 N–H and O–H groups in total. The molecule has 3 unspecified atom stereocenters. The smallest absolute Gasteiger partial charge is 0.00949 e. The minimum Gasteiger partial charge on any atom is -0.319 e. The normalized spacial score (nSPS) is 29.3. The molecule has 0 aromatic carbocycles. The Labute approximate surface area is 108 Å². The van der Waals surface area contributed by atoms with Crippen LogP contribution in [-0.2, 0) is 0 Å². The maximum absolute atomic E-state index is 3.35. The van der Waals surface area contributed by atoms with E-state index in [1.807, 2.05) is 0 Å². The average molecular weight is 240 g/mol. The van der Waals surface area contributed by atoms with Gasteiger partial charge >= 0.3 is 0 Å². The number of nitrogens with one attached hydrogen (secondary N) is 1. The van der Waals surface area contributed by atoms with E-state index < -0.39 is 0 Å². The highest BCUT2D eigenvalue weighted by molar-refractivity contribution is 4.83. The van der Waals surface area contributed by atoms with Crippen molar-refractivity contribution in [3.63, 3.8) is 0 Å². The Kier molecular flexibility index (Phi) is 5.94. The van der Waals surface area contributed by atoms with Gasteiger partial charge in [-0.3, -0.25) is 0 Å². The minimum absolute atomic E-state index is 0.421. The van der Waals surface area contributed by atoms with Crippen LogP contribution in [0.1, 0.15) is 52.9 Å². The van der Waals surface area contributed by atoms with Crippen LogP contribution < -0.4 is 5.32 Å². The SMILES string of the molecule is CCC(C)(CNC)CN(C)C1CCCC(C)C1. The van der Waals surface area contributed by atoms with Crippen molar-refractivity contribution in [2.75, 3.05) is 27.2 Å². The Morgan fingerprint density at radius 3 is 2.59 bits per heavy atom. The van der Waals surface area contributed by atoms with Crippen molar-refractivity contribution in [1.29, 1.82) is 0 Å². The topological polar surface area (TPSA) is 15.3 Å². The van der Waals surface area contributed by atoms with Crippen molar-refractivity contribution in [2.24, 2.45) is 11.3 Å². The molecule has 2 heteroatoms. The lowest BCUT2D eigenvalue weighted by Crippen LogP contribution is -2.45. The Morgan fingerprint density at radius 2 is 2.06 bits per heavy atom. The first kappa shape index (κ1) is 15.0. The second-order valence-corrected chi connectivity index (χ2v) is 6.54. The third kappa shape index (κ3) is 4.59. The summed E-state index contributed by atoms with van der Waals surface area (Å²) in [6, 6.07) is 0.821. The van der Waals surface area contributed by atoms with Crippen molar-refractivity contribution >= 4 is 0 Å². The molecule has 17 heavy (non-hydrogen) atoms. The summed E-state index contributed by atoms with van der Waals surface area (Å²) in [7, 11) is 4.39. The minimum atomic E-state index is 0.421. The Hall–Kier alpha value is -0.0800. The van der Waals surface area contributed by atoms with Crippen LogP contribution in [0, 0.1) is 11.3 Å². The summed E-state index contributed by atoms with van der Waals surface area (Å²) in [4.78, 5) is 2.62. The van der Waals surface area contributed by atoms with Gasteiger partial charge in [0.05, 0.1) is 0 Å². The van der Waals surface area contributed by atoms with Gasteiger partial charge in [0.25, 0.3) is 0 Å². The lowest BCUT2D eigenvalue weighted by Gasteiger charge is -2.40. The van der Waals surface area contributed by atoms with Crippen LogP contribution in [0.2, 0.25) is 0 Å². The second kappa shape index (κ2) is 6.75. The summed E-state index contributed by atoms with van der Waals surface area (Å²) in [5.41, 5.74) is 0.421. The van der Waals surface area contributed by atoms with E-state index in [0.717, 1.165) is 18.5 Å². The zero-order valence-corrected chi connectivity index (χ0v) is 12.6. The van der Waals surface area contributed by atoms with E-state index >= 15 is 0 Å². The fraction of sp³-hybridized carbons (Fsp3) is 1.00. The molecule has 1 fully saturated rings. The maximum Gasteiger partial charge on any atom is 0.00949 e. The number of rotatable bonds is 6. The predicted molar refractivity (Wildman–Crippen MR) is 76.4 cm³/mol. The highest BCUT2D eigenvalue weighted by Gasteiger charge is 2.28. The van der Waals surface area contributed by atoms with Crippen molar-refractivity contribution in [1.82, 2.24) is 10.2 Å². The van der Waals surface area contributed by atoms with E-state index in [2.05, 4.69) is 45.1 Å². The molecule has 1 aliphatic carbocycles. The van der Waals surface area contributed by atoms with Crippen LogP contribution in [0.15, 0.2) is 0 Å². The molecule has 1 saturated carbocycles. The molecule has 102 valence electrons. The quantitative estimate of drug-likeness (QED) is 0.767. The zero-order valence-electron chi connectivity index (χ0n) is 12.6. The van der Waals surface area contributed by atoms with Gasteiger partial charge in [0.15, 0.2) is 0 Å². The fourth-order valence-corrected chi connectivity index (χ4v) is 3.25. The zero-order chi connectivity index (χ0) is 12.9. The highest BCUT2D eigenvalue weighted by atomic mass is 15.1. The lowest BCUT2D eigenvalue weighted by molar-refractivity contribution is 0.106. The molecule has 0 aromatic rings. The van der Waals surface area contributed by atoms with E-state index in [0.29, 0.717) is 5.41 Å². The van der Waals surface area contributed by atoms with E-state index in [-0.39, 0.29) is 0 Å². The Balaban J connectivity index is 2.48. The molecule has 1 rings (SSSR count). The van der Waals surface area contributed by atoms with Gasteiger partial charge in [-0.05, 0) is 44.7 Å². The third-order valence-electron chi connectivity index (χ3n) is 4.62. The fourth-order valence-electron chi connectivity index (χ4n) is 3.25. The van der Waals surface area contributed by atoms with Gasteiger partial charge in [0.1, 0.15) is 0 Å². The first-order chi connectivity index (χ1) is 8.00. The molecule has 2 nitrogen and oxygen atoms in total. The van der Waals surface area contributed by atoms with Gasteiger partial charge in [-0.2, -0.15) is 0 Å². The van der Waals surface area contributed by atoms with Crippen LogP contribution in [0.5, 0.6) is 0 Å². The molecule has 0 amide bonds. The van der Waals surface area contributed by atoms with Crippen LogP contribution in [0.4, 0.5) is 0 Å². The van der Waals surface area contributed by atoms with E-state index in [9.17, 15) is 0 Å². The van der Waals surface area contributed by atoms with Crippen LogP contribution in [0.3, 0.4) is 0 Å². The molecule has 0 radical (unpaired) electrons. The number of hydrogen-bond acceptors (Lipinski definition) is 2. The maximum atomic E-state index is 3.35. The van der Waals surface area contributed by atoms with E-state index in [1.54, 1.807) is 0 Å². The van der Waals surface area contributed by atoms with Gasteiger partial charge in [0, 0.05) is 19.1 Å². The molecule has 0 spiro atoms. The predicted octanol–water partition coefficient (Wildman–Crippen LogP) is 3.13. The third-order valence-corrected chi connectivity index (χ3v) is 4.62. The lowest BCUT2D eigenvalue weighted by atomic mass is 9.83. The van der Waals surface area contributed by atoms with Gasteiger partial charge in [-0.1, -0.05) is 33.6 Å². The summed E-state index contributed by atoms with van der Waals surface area (Å²) in [5.74, 6) is 0.924. The molecule has 0 heterocycles. The summed E-state index contributed by atoms with van der Waals surface area (Å²) >= 11 is 0.